The lowest BCUT2D eigenvalue weighted by molar-refractivity contribution is 0.103. The van der Waals surface area contributed by atoms with Crippen molar-refractivity contribution in [2.24, 2.45) is 11.1 Å². The molecule has 1 aromatic carbocycles. The van der Waals surface area contributed by atoms with Crippen molar-refractivity contribution in [3.63, 3.8) is 0 Å². The smallest absolute Gasteiger partial charge is 0.333 e. The summed E-state index contributed by atoms with van der Waals surface area (Å²) >= 11 is 0. The first kappa shape index (κ1) is 24.0. The molecule has 180 valence electrons. The third-order valence-electron chi connectivity index (χ3n) is 6.10. The fraction of sp³-hybridized carbons (Fsp3) is 0.391. The number of hydrogen-bond acceptors (Lipinski definition) is 8. The van der Waals surface area contributed by atoms with Crippen LogP contribution in [0.15, 0.2) is 43.0 Å². The van der Waals surface area contributed by atoms with Crippen molar-refractivity contribution in [3.05, 3.63) is 70.9 Å². The van der Waals surface area contributed by atoms with E-state index in [1.54, 1.807) is 16.9 Å². The quantitative estimate of drug-likeness (QED) is 0.441. The van der Waals surface area contributed by atoms with Crippen molar-refractivity contribution >= 4 is 21.9 Å². The molecule has 2 unspecified atom stereocenters. The van der Waals surface area contributed by atoms with E-state index < -0.39 is 10.3 Å². The number of rotatable bonds is 9. The van der Waals surface area contributed by atoms with E-state index in [1.165, 1.54) is 23.7 Å². The van der Waals surface area contributed by atoms with Gasteiger partial charge in [-0.2, -0.15) is 13.5 Å². The number of nitrogens with two attached hydrogens (primary N) is 1. The topological polar surface area (TPSA) is 142 Å². The Labute approximate surface area is 198 Å². The lowest BCUT2D eigenvalue weighted by atomic mass is 10.1. The average molecular weight is 485 g/mol. The van der Waals surface area contributed by atoms with Crippen LogP contribution in [0.5, 0.6) is 0 Å². The van der Waals surface area contributed by atoms with Crippen molar-refractivity contribution in [1.82, 2.24) is 19.7 Å². The summed E-state index contributed by atoms with van der Waals surface area (Å²) in [5.41, 5.74) is 4.20. The Morgan fingerprint density at radius 2 is 2.06 bits per heavy atom. The first-order chi connectivity index (χ1) is 16.2. The summed E-state index contributed by atoms with van der Waals surface area (Å²) in [6.45, 7) is 4.75. The maximum atomic E-state index is 13.2. The highest BCUT2D eigenvalue weighted by Crippen LogP contribution is 2.29. The van der Waals surface area contributed by atoms with Gasteiger partial charge in [0.15, 0.2) is 0 Å². The van der Waals surface area contributed by atoms with Crippen LogP contribution < -0.4 is 10.5 Å². The molecular weight excluding hydrogens is 456 g/mol. The maximum Gasteiger partial charge on any atom is 0.333 e. The summed E-state index contributed by atoms with van der Waals surface area (Å²) in [6.07, 6.45) is 6.90. The zero-order valence-corrected chi connectivity index (χ0v) is 20.0. The highest BCUT2D eigenvalue weighted by molar-refractivity contribution is 7.84. The molecule has 0 radical (unpaired) electrons. The number of nitrogens with zero attached hydrogens (tertiary/aromatic N) is 4. The molecule has 34 heavy (non-hydrogen) atoms. The molecule has 1 aliphatic rings. The molecule has 0 amide bonds. The van der Waals surface area contributed by atoms with E-state index in [1.807, 2.05) is 0 Å². The van der Waals surface area contributed by atoms with Gasteiger partial charge in [0.2, 0.25) is 5.78 Å². The molecule has 1 fully saturated rings. The highest BCUT2D eigenvalue weighted by Gasteiger charge is 2.28. The van der Waals surface area contributed by atoms with Crippen LogP contribution in [0.4, 0.5) is 5.82 Å². The molecule has 3 aromatic rings. The van der Waals surface area contributed by atoms with Gasteiger partial charge in [-0.1, -0.05) is 18.2 Å². The molecule has 0 aliphatic heterocycles. The van der Waals surface area contributed by atoms with Gasteiger partial charge in [-0.25, -0.2) is 15.1 Å². The largest absolute Gasteiger partial charge is 0.367 e. The number of anilines is 1. The van der Waals surface area contributed by atoms with Crippen molar-refractivity contribution in [1.29, 1.82) is 0 Å². The van der Waals surface area contributed by atoms with E-state index in [-0.39, 0.29) is 24.3 Å². The lowest BCUT2D eigenvalue weighted by Gasteiger charge is -2.15. The number of hydrogen-bond donors (Lipinski definition) is 2. The Bertz CT molecular complexity index is 1290. The van der Waals surface area contributed by atoms with Crippen LogP contribution >= 0.6 is 0 Å². The number of carbonyl (C=O) groups excluding carboxylic acids is 1. The minimum Gasteiger partial charge on any atom is -0.367 e. The standard InChI is InChI=1S/C23H28N6O4S/c1-15-3-4-17(9-16(15)2)12-29-8-7-21(28-29)22(30)20-11-25-14-26-23(20)27-19-6-5-18(10-19)13-33-34(24,31)32/h3-4,7-9,11,14,18-19H,5-6,10,12-13H2,1-2H3,(H2,24,31,32)(H,25,26,27). The number of carbonyl (C=O) groups is 1. The summed E-state index contributed by atoms with van der Waals surface area (Å²) in [6, 6.07) is 7.97. The Balaban J connectivity index is 1.42. The van der Waals surface area contributed by atoms with Crippen LogP contribution in [0.2, 0.25) is 0 Å². The molecule has 3 N–H and O–H groups in total. The van der Waals surface area contributed by atoms with Gasteiger partial charge in [0.25, 0.3) is 0 Å². The second kappa shape index (κ2) is 10.00. The van der Waals surface area contributed by atoms with Crippen molar-refractivity contribution in [2.45, 2.75) is 45.7 Å². The fourth-order valence-corrected chi connectivity index (χ4v) is 4.53. The van der Waals surface area contributed by atoms with Crippen LogP contribution in [-0.4, -0.2) is 46.6 Å². The highest BCUT2D eigenvalue weighted by atomic mass is 32.2. The number of aromatic nitrogens is 4. The second-order valence-electron chi connectivity index (χ2n) is 8.73. The van der Waals surface area contributed by atoms with Crippen LogP contribution in [0.1, 0.15) is 52.0 Å². The number of ketones is 1. The van der Waals surface area contributed by atoms with Gasteiger partial charge in [0.05, 0.1) is 18.7 Å². The van der Waals surface area contributed by atoms with E-state index in [4.69, 9.17) is 9.32 Å². The first-order valence-electron chi connectivity index (χ1n) is 11.1. The van der Waals surface area contributed by atoms with Crippen molar-refractivity contribution in [2.75, 3.05) is 11.9 Å². The number of aryl methyl sites for hydroxylation is 2. The summed E-state index contributed by atoms with van der Waals surface area (Å²) in [7, 11) is -3.95. The van der Waals surface area contributed by atoms with Gasteiger partial charge in [0, 0.05) is 18.4 Å². The van der Waals surface area contributed by atoms with E-state index >= 15 is 0 Å². The van der Waals surface area contributed by atoms with Gasteiger partial charge in [-0.3, -0.25) is 13.7 Å². The lowest BCUT2D eigenvalue weighted by Crippen LogP contribution is -2.22. The third kappa shape index (κ3) is 6.04. The van der Waals surface area contributed by atoms with E-state index in [0.29, 0.717) is 30.0 Å². The SMILES string of the molecule is Cc1ccc(Cn2ccc(C(=O)c3cncnc3NC3CCC(COS(N)(=O)=O)C3)n2)cc1C. The van der Waals surface area contributed by atoms with Gasteiger partial charge in [-0.15, -0.1) is 0 Å². The average Bonchev–Trinajstić information content (AvgIpc) is 3.44. The Morgan fingerprint density at radius 3 is 2.82 bits per heavy atom. The zero-order valence-electron chi connectivity index (χ0n) is 19.1. The molecule has 4 rings (SSSR count). The van der Waals surface area contributed by atoms with Crippen LogP contribution in [0, 0.1) is 19.8 Å². The summed E-state index contributed by atoms with van der Waals surface area (Å²) in [4.78, 5) is 21.5. The molecule has 0 saturated heterocycles. The minimum atomic E-state index is -3.95. The predicted octanol–water partition coefficient (Wildman–Crippen LogP) is 2.37. The molecule has 1 saturated carbocycles. The fourth-order valence-electron chi connectivity index (χ4n) is 4.15. The summed E-state index contributed by atoms with van der Waals surface area (Å²) in [5.74, 6) is 0.216. The Hall–Kier alpha value is -3.15. The number of nitrogens with one attached hydrogen (secondary N) is 1. The van der Waals surface area contributed by atoms with Crippen molar-refractivity contribution < 1.29 is 17.4 Å². The predicted molar refractivity (Wildman–Crippen MR) is 127 cm³/mol. The second-order valence-corrected chi connectivity index (χ2v) is 9.95. The normalized spacial score (nSPS) is 18.2. The molecule has 0 spiro atoms. The minimum absolute atomic E-state index is 0.0258. The number of benzene rings is 1. The van der Waals surface area contributed by atoms with E-state index in [9.17, 15) is 13.2 Å². The van der Waals surface area contributed by atoms with Crippen molar-refractivity contribution in [3.8, 4) is 0 Å². The summed E-state index contributed by atoms with van der Waals surface area (Å²) in [5, 5.41) is 12.7. The van der Waals surface area contributed by atoms with Gasteiger partial charge < -0.3 is 5.32 Å². The third-order valence-corrected chi connectivity index (χ3v) is 6.56. The molecule has 2 atom stereocenters. The summed E-state index contributed by atoms with van der Waals surface area (Å²) < 4.78 is 28.5. The molecule has 2 aromatic heterocycles. The monoisotopic (exact) mass is 484 g/mol. The molecule has 1 aliphatic carbocycles. The van der Waals surface area contributed by atoms with Gasteiger partial charge in [-0.05, 0) is 61.8 Å². The van der Waals surface area contributed by atoms with E-state index in [0.717, 1.165) is 18.4 Å². The molecule has 11 heteroatoms. The molecule has 0 bridgehead atoms. The first-order valence-corrected chi connectivity index (χ1v) is 12.5. The zero-order chi connectivity index (χ0) is 24.3. The van der Waals surface area contributed by atoms with Crippen LogP contribution in [-0.2, 0) is 21.0 Å². The Kier molecular flexibility index (Phi) is 7.05. The van der Waals surface area contributed by atoms with Crippen LogP contribution in [0.3, 0.4) is 0 Å². The Morgan fingerprint density at radius 1 is 1.24 bits per heavy atom. The maximum absolute atomic E-state index is 13.2. The molecule has 10 nitrogen and oxygen atoms in total. The van der Waals surface area contributed by atoms with Gasteiger partial charge in [0.1, 0.15) is 17.8 Å². The van der Waals surface area contributed by atoms with Gasteiger partial charge >= 0.3 is 10.3 Å². The van der Waals surface area contributed by atoms with E-state index in [2.05, 4.69) is 52.4 Å². The van der Waals surface area contributed by atoms with Crippen LogP contribution in [0.25, 0.3) is 0 Å². The molecule has 2 heterocycles. The molecular formula is C23H28N6O4S.